The highest BCUT2D eigenvalue weighted by atomic mass is 16.1. The quantitative estimate of drug-likeness (QED) is 0.630. The van der Waals surface area contributed by atoms with Crippen LogP contribution in [0.15, 0.2) is 23.3 Å². The fourth-order valence-electron chi connectivity index (χ4n) is 5.30. The number of rotatable bonds is 0. The minimum absolute atomic E-state index is 0.0754. The van der Waals surface area contributed by atoms with Crippen molar-refractivity contribution in [2.75, 3.05) is 0 Å². The first-order valence-corrected chi connectivity index (χ1v) is 8.06. The van der Waals surface area contributed by atoms with Crippen molar-refractivity contribution in [3.63, 3.8) is 0 Å². The zero-order valence-corrected chi connectivity index (χ0v) is 12.2. The number of hydrogen-bond acceptors (Lipinski definition) is 2. The van der Waals surface area contributed by atoms with Gasteiger partial charge in [-0.05, 0) is 55.9 Å². The van der Waals surface area contributed by atoms with Crippen LogP contribution in [-0.4, -0.2) is 11.6 Å². The average molecular weight is 270 g/mol. The molecule has 4 aliphatic rings. The third-order valence-corrected chi connectivity index (χ3v) is 6.45. The molecule has 2 fully saturated rings. The first-order chi connectivity index (χ1) is 9.59. The van der Waals surface area contributed by atoms with Gasteiger partial charge in [-0.2, -0.15) is 0 Å². The number of carbonyl (C=O) groups is 2. The van der Waals surface area contributed by atoms with Crippen LogP contribution in [0, 0.1) is 23.2 Å². The highest BCUT2D eigenvalue weighted by molar-refractivity contribution is 5.91. The van der Waals surface area contributed by atoms with Crippen LogP contribution in [0.4, 0.5) is 0 Å². The third kappa shape index (κ3) is 1.57. The molecule has 0 spiro atoms. The molecule has 2 heteroatoms. The molecule has 0 heterocycles. The summed E-state index contributed by atoms with van der Waals surface area (Å²) in [6, 6.07) is 0. The first kappa shape index (κ1) is 12.6. The third-order valence-electron chi connectivity index (χ3n) is 6.45. The Kier molecular flexibility index (Phi) is 2.61. The van der Waals surface area contributed by atoms with Crippen molar-refractivity contribution in [1.82, 2.24) is 0 Å². The molecule has 2 saturated carbocycles. The number of carbonyl (C=O) groups excluding carboxylic acids is 2. The molecule has 4 aliphatic carbocycles. The van der Waals surface area contributed by atoms with Crippen LogP contribution in [0.25, 0.3) is 0 Å². The van der Waals surface area contributed by atoms with E-state index in [1.807, 2.05) is 6.08 Å². The van der Waals surface area contributed by atoms with Gasteiger partial charge in [-0.3, -0.25) is 9.59 Å². The van der Waals surface area contributed by atoms with Gasteiger partial charge in [0.1, 0.15) is 5.78 Å². The maximum absolute atomic E-state index is 12.2. The van der Waals surface area contributed by atoms with Gasteiger partial charge in [0.25, 0.3) is 0 Å². The predicted octanol–water partition coefficient (Wildman–Crippen LogP) is 3.62. The molecule has 0 amide bonds. The maximum Gasteiger partial charge on any atom is 0.155 e. The maximum atomic E-state index is 12.2. The summed E-state index contributed by atoms with van der Waals surface area (Å²) in [5.74, 6) is 2.50. The average Bonchev–Trinajstić information content (AvgIpc) is 2.74. The van der Waals surface area contributed by atoms with Gasteiger partial charge in [0, 0.05) is 18.3 Å². The Morgan fingerprint density at radius 3 is 2.80 bits per heavy atom. The highest BCUT2D eigenvalue weighted by Crippen LogP contribution is 2.58. The van der Waals surface area contributed by atoms with Gasteiger partial charge < -0.3 is 0 Å². The summed E-state index contributed by atoms with van der Waals surface area (Å²) >= 11 is 0. The van der Waals surface area contributed by atoms with Crippen molar-refractivity contribution < 1.29 is 9.59 Å². The van der Waals surface area contributed by atoms with Crippen molar-refractivity contribution in [3.05, 3.63) is 23.3 Å². The molecule has 4 unspecified atom stereocenters. The van der Waals surface area contributed by atoms with Gasteiger partial charge in [0.15, 0.2) is 5.78 Å². The Bertz CT molecular complexity index is 554. The van der Waals surface area contributed by atoms with E-state index in [2.05, 4.69) is 13.0 Å². The lowest BCUT2D eigenvalue weighted by atomic mass is 9.56. The SMILES string of the molecule is CC12CCC3C(=CCC4=CC(=O)CCC43)C1CCC2=O. The first-order valence-electron chi connectivity index (χ1n) is 8.06. The monoisotopic (exact) mass is 270 g/mol. The molecular weight excluding hydrogens is 248 g/mol. The Balaban J connectivity index is 1.72. The number of ketones is 2. The Morgan fingerprint density at radius 1 is 1.10 bits per heavy atom. The summed E-state index contributed by atoms with van der Waals surface area (Å²) in [4.78, 5) is 23.9. The molecule has 4 atom stereocenters. The fraction of sp³-hybridized carbons (Fsp3) is 0.667. The van der Waals surface area contributed by atoms with Crippen LogP contribution in [-0.2, 0) is 9.59 Å². The van der Waals surface area contributed by atoms with Crippen LogP contribution >= 0.6 is 0 Å². The smallest absolute Gasteiger partial charge is 0.155 e. The van der Waals surface area contributed by atoms with Crippen molar-refractivity contribution in [3.8, 4) is 0 Å². The zero-order chi connectivity index (χ0) is 13.9. The summed E-state index contributed by atoms with van der Waals surface area (Å²) in [7, 11) is 0. The van der Waals surface area contributed by atoms with Crippen molar-refractivity contribution in [1.29, 1.82) is 0 Å². The molecule has 0 aromatic rings. The predicted molar refractivity (Wildman–Crippen MR) is 77.1 cm³/mol. The standard InChI is InChI=1S/C18H22O2/c1-18-9-8-14-13-5-3-12(19)10-11(13)2-4-15(14)16(18)6-7-17(18)20/h4,10,13-14,16H,2-3,5-9H2,1H3. The summed E-state index contributed by atoms with van der Waals surface area (Å²) in [5.41, 5.74) is 2.86. The van der Waals surface area contributed by atoms with E-state index in [0.717, 1.165) is 44.9 Å². The minimum atomic E-state index is -0.0754. The van der Waals surface area contributed by atoms with Crippen molar-refractivity contribution >= 4 is 11.6 Å². The fourth-order valence-corrected chi connectivity index (χ4v) is 5.30. The van der Waals surface area contributed by atoms with Gasteiger partial charge in [-0.25, -0.2) is 0 Å². The van der Waals surface area contributed by atoms with Crippen LogP contribution in [0.3, 0.4) is 0 Å². The van der Waals surface area contributed by atoms with E-state index in [-0.39, 0.29) is 5.41 Å². The molecule has 0 aliphatic heterocycles. The summed E-state index contributed by atoms with van der Waals surface area (Å²) in [6.45, 7) is 2.19. The minimum Gasteiger partial charge on any atom is -0.299 e. The molecular formula is C18H22O2. The molecule has 0 aromatic heterocycles. The van der Waals surface area contributed by atoms with E-state index < -0.39 is 0 Å². The summed E-state index contributed by atoms with van der Waals surface area (Å²) in [6.07, 6.45) is 11.0. The molecule has 0 radical (unpaired) electrons. The van der Waals surface area contributed by atoms with E-state index in [1.165, 1.54) is 5.57 Å². The Morgan fingerprint density at radius 2 is 1.95 bits per heavy atom. The van der Waals surface area contributed by atoms with Crippen LogP contribution < -0.4 is 0 Å². The number of Topliss-reactive ketones (excluding diaryl/α,β-unsaturated/α-hetero) is 1. The number of fused-ring (bicyclic) bond motifs is 5. The highest BCUT2D eigenvalue weighted by Gasteiger charge is 2.53. The molecule has 106 valence electrons. The van der Waals surface area contributed by atoms with Crippen LogP contribution in [0.1, 0.15) is 51.9 Å². The molecule has 0 saturated heterocycles. The van der Waals surface area contributed by atoms with E-state index in [4.69, 9.17) is 0 Å². The van der Waals surface area contributed by atoms with E-state index >= 15 is 0 Å². The molecule has 0 N–H and O–H groups in total. The second-order valence-corrected chi connectivity index (χ2v) is 7.32. The zero-order valence-electron chi connectivity index (χ0n) is 12.2. The molecule has 20 heavy (non-hydrogen) atoms. The van der Waals surface area contributed by atoms with Crippen LogP contribution in [0.2, 0.25) is 0 Å². The van der Waals surface area contributed by atoms with E-state index in [0.29, 0.717) is 29.3 Å². The second-order valence-electron chi connectivity index (χ2n) is 7.32. The van der Waals surface area contributed by atoms with Gasteiger partial charge in [-0.1, -0.05) is 24.1 Å². The van der Waals surface area contributed by atoms with E-state index in [9.17, 15) is 9.59 Å². The van der Waals surface area contributed by atoms with E-state index in [1.54, 1.807) is 5.57 Å². The van der Waals surface area contributed by atoms with Gasteiger partial charge >= 0.3 is 0 Å². The van der Waals surface area contributed by atoms with Gasteiger partial charge in [0.05, 0.1) is 0 Å². The summed E-state index contributed by atoms with van der Waals surface area (Å²) in [5, 5.41) is 0. The lowest BCUT2D eigenvalue weighted by Gasteiger charge is -2.47. The number of allylic oxidation sites excluding steroid dienone is 4. The largest absolute Gasteiger partial charge is 0.299 e. The Hall–Kier alpha value is -1.18. The van der Waals surface area contributed by atoms with Crippen LogP contribution in [0.5, 0.6) is 0 Å². The molecule has 0 bridgehead atoms. The number of hydrogen-bond donors (Lipinski definition) is 0. The molecule has 2 nitrogen and oxygen atoms in total. The van der Waals surface area contributed by atoms with Gasteiger partial charge in [0.2, 0.25) is 0 Å². The van der Waals surface area contributed by atoms with Gasteiger partial charge in [-0.15, -0.1) is 0 Å². The molecule has 4 rings (SSSR count). The normalized spacial score (nSPS) is 43.4. The Labute approximate surface area is 120 Å². The lowest BCUT2D eigenvalue weighted by molar-refractivity contribution is -0.127. The topological polar surface area (TPSA) is 34.1 Å². The van der Waals surface area contributed by atoms with Crippen molar-refractivity contribution in [2.24, 2.45) is 23.2 Å². The summed E-state index contributed by atoms with van der Waals surface area (Å²) < 4.78 is 0. The van der Waals surface area contributed by atoms with Crippen molar-refractivity contribution in [2.45, 2.75) is 51.9 Å². The molecule has 0 aromatic carbocycles. The second kappa shape index (κ2) is 4.16. The lowest BCUT2D eigenvalue weighted by Crippen LogP contribution is -2.41.